The maximum atomic E-state index is 11.2. The van der Waals surface area contributed by atoms with Crippen LogP contribution in [-0.2, 0) is 4.74 Å². The highest BCUT2D eigenvalue weighted by Gasteiger charge is 2.02. The molecule has 0 saturated carbocycles. The fraction of sp³-hybridized carbons (Fsp3) is 0.636. The molecule has 4 N–H and O–H groups in total. The maximum absolute atomic E-state index is 11.2. The van der Waals surface area contributed by atoms with Gasteiger partial charge in [0.2, 0.25) is 0 Å². The van der Waals surface area contributed by atoms with Crippen LogP contribution in [0.2, 0.25) is 0 Å². The minimum Gasteiger partial charge on any atom is -0.391 e. The van der Waals surface area contributed by atoms with Gasteiger partial charge in [0.15, 0.2) is 5.82 Å². The van der Waals surface area contributed by atoms with Crippen molar-refractivity contribution in [2.24, 2.45) is 5.92 Å². The highest BCUT2D eigenvalue weighted by molar-refractivity contribution is 5.58. The van der Waals surface area contributed by atoms with Crippen molar-refractivity contribution < 1.29 is 4.74 Å². The Bertz CT molecular complexity index is 389. The molecule has 1 aromatic rings. The SMILES string of the molecule is CC(C)CCOCCNc1nc[nH]c(=O)c1N. The summed E-state index contributed by atoms with van der Waals surface area (Å²) in [7, 11) is 0. The van der Waals surface area contributed by atoms with Crippen LogP contribution < -0.4 is 16.6 Å². The predicted octanol–water partition coefficient (Wildman–Crippen LogP) is 0.827. The Balaban J connectivity index is 2.23. The minimum atomic E-state index is -0.330. The van der Waals surface area contributed by atoms with Gasteiger partial charge in [-0.3, -0.25) is 4.79 Å². The van der Waals surface area contributed by atoms with Gasteiger partial charge >= 0.3 is 0 Å². The number of aromatic nitrogens is 2. The summed E-state index contributed by atoms with van der Waals surface area (Å²) < 4.78 is 5.42. The lowest BCUT2D eigenvalue weighted by Crippen LogP contribution is -2.18. The average molecular weight is 240 g/mol. The third kappa shape index (κ3) is 4.86. The number of aromatic amines is 1. The van der Waals surface area contributed by atoms with Crippen LogP contribution in [0, 0.1) is 5.92 Å². The number of hydrogen-bond acceptors (Lipinski definition) is 5. The number of H-pyrrole nitrogens is 1. The standard InChI is InChI=1S/C11H20N4O2/c1-8(2)3-5-17-6-4-13-10-9(12)11(16)15-7-14-10/h7-8H,3-6,12H2,1-2H3,(H2,13,14,15,16). The summed E-state index contributed by atoms with van der Waals surface area (Å²) in [6.45, 7) is 6.21. The van der Waals surface area contributed by atoms with Gasteiger partial charge in [-0.2, -0.15) is 0 Å². The summed E-state index contributed by atoms with van der Waals surface area (Å²) in [5.74, 6) is 1.05. The second kappa shape index (κ2) is 6.90. The van der Waals surface area contributed by atoms with Crippen molar-refractivity contribution in [2.75, 3.05) is 30.8 Å². The van der Waals surface area contributed by atoms with Crippen LogP contribution in [-0.4, -0.2) is 29.7 Å². The lowest BCUT2D eigenvalue weighted by atomic mass is 10.1. The first kappa shape index (κ1) is 13.5. The van der Waals surface area contributed by atoms with E-state index >= 15 is 0 Å². The number of nitrogens with zero attached hydrogens (tertiary/aromatic N) is 1. The molecule has 6 heteroatoms. The molecular formula is C11H20N4O2. The van der Waals surface area contributed by atoms with E-state index in [4.69, 9.17) is 10.5 Å². The second-order valence-electron chi connectivity index (χ2n) is 4.22. The zero-order chi connectivity index (χ0) is 12.7. The third-order valence-electron chi connectivity index (χ3n) is 2.27. The molecule has 17 heavy (non-hydrogen) atoms. The molecule has 1 aromatic heterocycles. The molecule has 1 heterocycles. The van der Waals surface area contributed by atoms with Crippen LogP contribution in [0.3, 0.4) is 0 Å². The van der Waals surface area contributed by atoms with Gasteiger partial charge in [0.05, 0.1) is 12.9 Å². The van der Waals surface area contributed by atoms with E-state index in [2.05, 4.69) is 29.1 Å². The Hall–Kier alpha value is -1.56. The number of hydrogen-bond donors (Lipinski definition) is 3. The normalized spacial score (nSPS) is 10.8. The molecule has 0 radical (unpaired) electrons. The minimum absolute atomic E-state index is 0.106. The summed E-state index contributed by atoms with van der Waals surface area (Å²) in [4.78, 5) is 17.5. The highest BCUT2D eigenvalue weighted by Crippen LogP contribution is 2.06. The van der Waals surface area contributed by atoms with Gasteiger partial charge in [-0.05, 0) is 12.3 Å². The summed E-state index contributed by atoms with van der Waals surface area (Å²) in [5, 5.41) is 2.96. The third-order valence-corrected chi connectivity index (χ3v) is 2.27. The van der Waals surface area contributed by atoms with E-state index in [0.29, 0.717) is 24.9 Å². The monoisotopic (exact) mass is 240 g/mol. The Morgan fingerprint density at radius 3 is 3.00 bits per heavy atom. The van der Waals surface area contributed by atoms with Gasteiger partial charge in [-0.25, -0.2) is 4.98 Å². The van der Waals surface area contributed by atoms with E-state index in [0.717, 1.165) is 13.0 Å². The van der Waals surface area contributed by atoms with Gasteiger partial charge in [0, 0.05) is 13.2 Å². The summed E-state index contributed by atoms with van der Waals surface area (Å²) >= 11 is 0. The van der Waals surface area contributed by atoms with E-state index in [1.54, 1.807) is 0 Å². The average Bonchev–Trinajstić information content (AvgIpc) is 2.28. The van der Waals surface area contributed by atoms with E-state index in [9.17, 15) is 4.79 Å². The van der Waals surface area contributed by atoms with Crippen molar-refractivity contribution in [1.29, 1.82) is 0 Å². The van der Waals surface area contributed by atoms with Crippen molar-refractivity contribution in [2.45, 2.75) is 20.3 Å². The molecule has 0 unspecified atom stereocenters. The molecule has 0 atom stereocenters. The molecule has 0 amide bonds. The topological polar surface area (TPSA) is 93.0 Å². The molecule has 0 saturated heterocycles. The van der Waals surface area contributed by atoms with Gasteiger partial charge in [-0.15, -0.1) is 0 Å². The van der Waals surface area contributed by atoms with Crippen LogP contribution in [0.25, 0.3) is 0 Å². The molecule has 0 bridgehead atoms. The molecule has 0 fully saturated rings. The number of nitrogens with two attached hydrogens (primary N) is 1. The molecule has 1 rings (SSSR count). The van der Waals surface area contributed by atoms with Gasteiger partial charge < -0.3 is 20.8 Å². The first-order valence-corrected chi connectivity index (χ1v) is 5.76. The summed E-state index contributed by atoms with van der Waals surface area (Å²) in [6, 6.07) is 0. The zero-order valence-corrected chi connectivity index (χ0v) is 10.3. The quantitative estimate of drug-likeness (QED) is 0.614. The van der Waals surface area contributed by atoms with E-state index < -0.39 is 0 Å². The smallest absolute Gasteiger partial charge is 0.276 e. The lowest BCUT2D eigenvalue weighted by molar-refractivity contribution is 0.132. The molecule has 0 aliphatic carbocycles. The van der Waals surface area contributed by atoms with Crippen molar-refractivity contribution in [3.8, 4) is 0 Å². The van der Waals surface area contributed by atoms with E-state index in [1.807, 2.05) is 0 Å². The number of anilines is 2. The van der Waals surface area contributed by atoms with Crippen LogP contribution in [0.5, 0.6) is 0 Å². The second-order valence-corrected chi connectivity index (χ2v) is 4.22. The van der Waals surface area contributed by atoms with Crippen LogP contribution in [0.1, 0.15) is 20.3 Å². The molecule has 0 aromatic carbocycles. The number of ether oxygens (including phenoxy) is 1. The van der Waals surface area contributed by atoms with E-state index in [1.165, 1.54) is 6.33 Å². The molecule has 6 nitrogen and oxygen atoms in total. The van der Waals surface area contributed by atoms with Crippen molar-refractivity contribution >= 4 is 11.5 Å². The largest absolute Gasteiger partial charge is 0.391 e. The Labute approximate surface area is 101 Å². The van der Waals surface area contributed by atoms with Crippen LogP contribution in [0.4, 0.5) is 11.5 Å². The van der Waals surface area contributed by atoms with Gasteiger partial charge in [0.1, 0.15) is 5.69 Å². The molecule has 0 spiro atoms. The fourth-order valence-electron chi connectivity index (χ4n) is 1.21. The number of nitrogen functional groups attached to an aromatic ring is 1. The zero-order valence-electron chi connectivity index (χ0n) is 10.3. The lowest BCUT2D eigenvalue weighted by Gasteiger charge is -2.08. The number of nitrogens with one attached hydrogen (secondary N) is 2. The van der Waals surface area contributed by atoms with Gasteiger partial charge in [0.25, 0.3) is 5.56 Å². The molecular weight excluding hydrogens is 220 g/mol. The predicted molar refractivity (Wildman–Crippen MR) is 68.0 cm³/mol. The Kier molecular flexibility index (Phi) is 5.48. The fourth-order valence-corrected chi connectivity index (χ4v) is 1.21. The number of rotatable bonds is 7. The molecule has 0 aliphatic heterocycles. The Morgan fingerprint density at radius 1 is 1.53 bits per heavy atom. The molecule has 96 valence electrons. The molecule has 0 aliphatic rings. The highest BCUT2D eigenvalue weighted by atomic mass is 16.5. The van der Waals surface area contributed by atoms with E-state index in [-0.39, 0.29) is 11.2 Å². The summed E-state index contributed by atoms with van der Waals surface area (Å²) in [5.41, 5.74) is 5.33. The maximum Gasteiger partial charge on any atom is 0.276 e. The van der Waals surface area contributed by atoms with Crippen LogP contribution >= 0.6 is 0 Å². The summed E-state index contributed by atoms with van der Waals surface area (Å²) in [6.07, 6.45) is 2.37. The van der Waals surface area contributed by atoms with Gasteiger partial charge in [-0.1, -0.05) is 13.8 Å². The van der Waals surface area contributed by atoms with Crippen molar-refractivity contribution in [3.63, 3.8) is 0 Å². The first-order valence-electron chi connectivity index (χ1n) is 5.76. The van der Waals surface area contributed by atoms with Crippen molar-refractivity contribution in [3.05, 3.63) is 16.7 Å². The Morgan fingerprint density at radius 2 is 2.29 bits per heavy atom. The van der Waals surface area contributed by atoms with Crippen LogP contribution in [0.15, 0.2) is 11.1 Å². The van der Waals surface area contributed by atoms with Crippen molar-refractivity contribution in [1.82, 2.24) is 9.97 Å². The first-order chi connectivity index (χ1) is 8.11.